The van der Waals surface area contributed by atoms with Crippen molar-refractivity contribution in [1.29, 1.82) is 0 Å². The van der Waals surface area contributed by atoms with E-state index >= 15 is 0 Å². The summed E-state index contributed by atoms with van der Waals surface area (Å²) in [5.41, 5.74) is 0. The third-order valence-corrected chi connectivity index (χ3v) is 3.06. The summed E-state index contributed by atoms with van der Waals surface area (Å²) in [6.45, 7) is 2.40. The van der Waals surface area contributed by atoms with Crippen LogP contribution in [0.1, 0.15) is 12.8 Å². The highest BCUT2D eigenvalue weighted by Gasteiger charge is 2.41. The Hall–Kier alpha value is -0.160. The molecular formula is C10H18O4. The smallest absolute Gasteiger partial charge is 0.109 e. The van der Waals surface area contributed by atoms with E-state index in [9.17, 15) is 5.11 Å². The molecule has 4 unspecified atom stereocenters. The molecule has 0 aromatic carbocycles. The molecule has 4 atom stereocenters. The predicted octanol–water partition coefficient (Wildman–Crippen LogP) is 0.188. The van der Waals surface area contributed by atoms with Crippen LogP contribution in [0.4, 0.5) is 0 Å². The molecular weight excluding hydrogens is 184 g/mol. The van der Waals surface area contributed by atoms with Gasteiger partial charge >= 0.3 is 0 Å². The maximum atomic E-state index is 9.34. The molecule has 1 aliphatic heterocycles. The van der Waals surface area contributed by atoms with E-state index in [1.165, 1.54) is 0 Å². The Kier molecular flexibility index (Phi) is 3.38. The van der Waals surface area contributed by atoms with Gasteiger partial charge in [0.1, 0.15) is 6.10 Å². The molecule has 0 aromatic rings. The highest BCUT2D eigenvalue weighted by atomic mass is 16.6. The van der Waals surface area contributed by atoms with Crippen LogP contribution in [0.25, 0.3) is 0 Å². The molecule has 1 saturated heterocycles. The summed E-state index contributed by atoms with van der Waals surface area (Å²) in [6.07, 6.45) is 1.40. The van der Waals surface area contributed by atoms with Gasteiger partial charge < -0.3 is 19.3 Å². The Morgan fingerprint density at radius 2 is 2.36 bits per heavy atom. The first kappa shape index (κ1) is 10.4. The summed E-state index contributed by atoms with van der Waals surface area (Å²) >= 11 is 0. The first-order chi connectivity index (χ1) is 6.81. The SMILES string of the molecule is COC1C(O)CC1OCC1CCOC1. The van der Waals surface area contributed by atoms with Gasteiger partial charge in [-0.3, -0.25) is 0 Å². The third-order valence-electron chi connectivity index (χ3n) is 3.06. The van der Waals surface area contributed by atoms with Crippen molar-refractivity contribution in [3.05, 3.63) is 0 Å². The molecule has 1 saturated carbocycles. The first-order valence-corrected chi connectivity index (χ1v) is 5.21. The molecule has 82 valence electrons. The second kappa shape index (κ2) is 4.57. The lowest BCUT2D eigenvalue weighted by Crippen LogP contribution is -2.53. The average molecular weight is 202 g/mol. The largest absolute Gasteiger partial charge is 0.390 e. The van der Waals surface area contributed by atoms with E-state index in [1.54, 1.807) is 7.11 Å². The van der Waals surface area contributed by atoms with E-state index in [1.807, 2.05) is 0 Å². The summed E-state index contributed by atoms with van der Waals surface area (Å²) in [6, 6.07) is 0. The Bertz CT molecular complexity index is 179. The van der Waals surface area contributed by atoms with Crippen molar-refractivity contribution in [2.45, 2.75) is 31.2 Å². The number of hydrogen-bond acceptors (Lipinski definition) is 4. The second-order valence-corrected chi connectivity index (χ2v) is 4.10. The van der Waals surface area contributed by atoms with E-state index in [0.717, 1.165) is 26.2 Å². The predicted molar refractivity (Wildman–Crippen MR) is 50.1 cm³/mol. The normalized spacial score (nSPS) is 42.4. The monoisotopic (exact) mass is 202 g/mol. The number of aliphatic hydroxyl groups excluding tert-OH is 1. The standard InChI is InChI=1S/C10H18O4/c1-12-10-8(11)4-9(10)14-6-7-2-3-13-5-7/h7-11H,2-6H2,1H3. The minimum Gasteiger partial charge on any atom is -0.390 e. The van der Waals surface area contributed by atoms with Crippen LogP contribution in [0.3, 0.4) is 0 Å². The molecule has 14 heavy (non-hydrogen) atoms. The van der Waals surface area contributed by atoms with Gasteiger partial charge in [-0.2, -0.15) is 0 Å². The molecule has 1 aliphatic carbocycles. The molecule has 1 heterocycles. The van der Waals surface area contributed by atoms with Crippen LogP contribution in [0.2, 0.25) is 0 Å². The van der Waals surface area contributed by atoms with E-state index in [0.29, 0.717) is 12.3 Å². The molecule has 0 aromatic heterocycles. The van der Waals surface area contributed by atoms with Crippen LogP contribution < -0.4 is 0 Å². The zero-order valence-electron chi connectivity index (χ0n) is 8.52. The fraction of sp³-hybridized carbons (Fsp3) is 1.00. The summed E-state index contributed by atoms with van der Waals surface area (Å²) in [7, 11) is 1.61. The van der Waals surface area contributed by atoms with Gasteiger partial charge in [0.2, 0.25) is 0 Å². The fourth-order valence-electron chi connectivity index (χ4n) is 2.00. The summed E-state index contributed by atoms with van der Waals surface area (Å²) in [5.74, 6) is 0.533. The van der Waals surface area contributed by atoms with Crippen molar-refractivity contribution in [1.82, 2.24) is 0 Å². The van der Waals surface area contributed by atoms with Crippen molar-refractivity contribution >= 4 is 0 Å². The van der Waals surface area contributed by atoms with Crippen molar-refractivity contribution in [3.63, 3.8) is 0 Å². The van der Waals surface area contributed by atoms with Crippen molar-refractivity contribution in [2.24, 2.45) is 5.92 Å². The van der Waals surface area contributed by atoms with Crippen molar-refractivity contribution in [3.8, 4) is 0 Å². The van der Waals surface area contributed by atoms with E-state index in [-0.39, 0.29) is 18.3 Å². The van der Waals surface area contributed by atoms with Gasteiger partial charge in [-0.1, -0.05) is 0 Å². The maximum absolute atomic E-state index is 9.34. The van der Waals surface area contributed by atoms with Crippen LogP contribution >= 0.6 is 0 Å². The lowest BCUT2D eigenvalue weighted by molar-refractivity contribution is -0.185. The molecule has 0 spiro atoms. The summed E-state index contributed by atoms with van der Waals surface area (Å²) in [4.78, 5) is 0. The van der Waals surface area contributed by atoms with Crippen LogP contribution in [0, 0.1) is 5.92 Å². The topological polar surface area (TPSA) is 47.9 Å². The molecule has 4 heteroatoms. The van der Waals surface area contributed by atoms with Crippen LogP contribution in [-0.2, 0) is 14.2 Å². The summed E-state index contributed by atoms with van der Waals surface area (Å²) in [5, 5.41) is 9.34. The lowest BCUT2D eigenvalue weighted by atomic mass is 9.88. The van der Waals surface area contributed by atoms with Gasteiger partial charge in [-0.25, -0.2) is 0 Å². The fourth-order valence-corrected chi connectivity index (χ4v) is 2.00. The highest BCUT2D eigenvalue weighted by molar-refractivity contribution is 4.91. The molecule has 4 nitrogen and oxygen atoms in total. The van der Waals surface area contributed by atoms with E-state index in [4.69, 9.17) is 14.2 Å². The van der Waals surface area contributed by atoms with Crippen LogP contribution in [0.15, 0.2) is 0 Å². The minimum atomic E-state index is -0.343. The highest BCUT2D eigenvalue weighted by Crippen LogP contribution is 2.27. The number of hydrogen-bond donors (Lipinski definition) is 1. The number of aliphatic hydroxyl groups is 1. The molecule has 2 fully saturated rings. The minimum absolute atomic E-state index is 0.0793. The van der Waals surface area contributed by atoms with Crippen molar-refractivity contribution in [2.75, 3.05) is 26.9 Å². The summed E-state index contributed by atoms with van der Waals surface area (Å²) < 4.78 is 16.0. The molecule has 0 amide bonds. The van der Waals surface area contributed by atoms with E-state index in [2.05, 4.69) is 0 Å². The van der Waals surface area contributed by atoms with Gasteiger partial charge in [0.15, 0.2) is 0 Å². The van der Waals surface area contributed by atoms with Gasteiger partial charge in [0, 0.05) is 26.1 Å². The maximum Gasteiger partial charge on any atom is 0.109 e. The number of rotatable bonds is 4. The molecule has 2 aliphatic rings. The van der Waals surface area contributed by atoms with Gasteiger partial charge in [-0.15, -0.1) is 0 Å². The molecule has 2 rings (SSSR count). The van der Waals surface area contributed by atoms with Crippen LogP contribution in [-0.4, -0.2) is 50.3 Å². The number of ether oxygens (including phenoxy) is 3. The Morgan fingerprint density at radius 1 is 1.50 bits per heavy atom. The van der Waals surface area contributed by atoms with Gasteiger partial charge in [0.05, 0.1) is 25.4 Å². The van der Waals surface area contributed by atoms with Crippen LogP contribution in [0.5, 0.6) is 0 Å². The molecule has 0 radical (unpaired) electrons. The lowest BCUT2D eigenvalue weighted by Gasteiger charge is -2.40. The third kappa shape index (κ3) is 2.08. The van der Waals surface area contributed by atoms with E-state index < -0.39 is 0 Å². The zero-order valence-corrected chi connectivity index (χ0v) is 8.52. The first-order valence-electron chi connectivity index (χ1n) is 5.21. The molecule has 1 N–H and O–H groups in total. The van der Waals surface area contributed by atoms with Gasteiger partial charge in [-0.05, 0) is 6.42 Å². The number of methoxy groups -OCH3 is 1. The Morgan fingerprint density at radius 3 is 2.93 bits per heavy atom. The van der Waals surface area contributed by atoms with Gasteiger partial charge in [0.25, 0.3) is 0 Å². The molecule has 0 bridgehead atoms. The van der Waals surface area contributed by atoms with Crippen molar-refractivity contribution < 1.29 is 19.3 Å². The second-order valence-electron chi connectivity index (χ2n) is 4.10. The zero-order chi connectivity index (χ0) is 9.97. The quantitative estimate of drug-likeness (QED) is 0.707. The average Bonchev–Trinajstić information content (AvgIpc) is 2.65. The Balaban J connectivity index is 1.65. The Labute approximate surface area is 84.1 Å².